The van der Waals surface area contributed by atoms with E-state index < -0.39 is 0 Å². The van der Waals surface area contributed by atoms with Gasteiger partial charge in [-0.2, -0.15) is 0 Å². The minimum atomic E-state index is -0.116. The minimum absolute atomic E-state index is 0.116. The van der Waals surface area contributed by atoms with Gasteiger partial charge in [0, 0.05) is 37.6 Å². The molecule has 1 aliphatic rings. The molecule has 3 rings (SSSR count). The molecule has 0 N–H and O–H groups in total. The third-order valence-electron chi connectivity index (χ3n) is 3.90. The maximum Gasteiger partial charge on any atom is 0.146 e. The molecule has 0 radical (unpaired) electrons. The van der Waals surface area contributed by atoms with Gasteiger partial charge in [-0.3, -0.25) is 4.90 Å². The van der Waals surface area contributed by atoms with Gasteiger partial charge in [0.05, 0.1) is 5.69 Å². The molecule has 2 heterocycles. The molecule has 0 unspecified atom stereocenters. The van der Waals surface area contributed by atoms with Gasteiger partial charge in [0.25, 0.3) is 0 Å². The van der Waals surface area contributed by atoms with Gasteiger partial charge in [0.15, 0.2) is 0 Å². The molecule has 1 aromatic carbocycles. The Bertz CT molecular complexity index is 573. The lowest BCUT2D eigenvalue weighted by Gasteiger charge is -2.36. The number of para-hydroxylation sites is 1. The van der Waals surface area contributed by atoms with E-state index in [0.717, 1.165) is 38.4 Å². The highest BCUT2D eigenvalue weighted by Gasteiger charge is 2.19. The zero-order valence-electron chi connectivity index (χ0n) is 11.7. The van der Waals surface area contributed by atoms with Crippen LogP contribution in [0.4, 0.5) is 10.1 Å². The molecule has 1 aliphatic heterocycles. The largest absolute Gasteiger partial charge is 0.367 e. The average Bonchev–Trinajstić information content (AvgIpc) is 2.86. The fourth-order valence-electron chi connectivity index (χ4n) is 2.62. The standard InChI is InChI=1S/C16H19FN2S/c1-13-6-11-20-16(13)12-18-7-9-19(10-8-18)15-5-3-2-4-14(15)17/h2-6,11H,7-10,12H2,1H3. The van der Waals surface area contributed by atoms with Crippen molar-refractivity contribution in [2.75, 3.05) is 31.1 Å². The summed E-state index contributed by atoms with van der Waals surface area (Å²) in [6.45, 7) is 6.96. The summed E-state index contributed by atoms with van der Waals surface area (Å²) in [5.41, 5.74) is 2.12. The van der Waals surface area contributed by atoms with Crippen molar-refractivity contribution in [3.63, 3.8) is 0 Å². The first-order valence-electron chi connectivity index (χ1n) is 6.99. The van der Waals surface area contributed by atoms with Gasteiger partial charge in [-0.15, -0.1) is 11.3 Å². The van der Waals surface area contributed by atoms with Crippen LogP contribution in [0.1, 0.15) is 10.4 Å². The van der Waals surface area contributed by atoms with E-state index >= 15 is 0 Å². The first-order chi connectivity index (χ1) is 9.74. The molecule has 0 amide bonds. The Labute approximate surface area is 123 Å². The summed E-state index contributed by atoms with van der Waals surface area (Å²) in [6, 6.07) is 9.23. The van der Waals surface area contributed by atoms with E-state index in [-0.39, 0.29) is 5.82 Å². The van der Waals surface area contributed by atoms with Crippen LogP contribution < -0.4 is 4.90 Å². The lowest BCUT2D eigenvalue weighted by Crippen LogP contribution is -2.46. The molecular weight excluding hydrogens is 271 g/mol. The van der Waals surface area contributed by atoms with Crippen LogP contribution in [0.25, 0.3) is 0 Å². The second-order valence-corrected chi connectivity index (χ2v) is 6.24. The zero-order chi connectivity index (χ0) is 13.9. The fourth-order valence-corrected chi connectivity index (χ4v) is 3.57. The van der Waals surface area contributed by atoms with Crippen LogP contribution in [-0.2, 0) is 6.54 Å². The van der Waals surface area contributed by atoms with E-state index in [4.69, 9.17) is 0 Å². The van der Waals surface area contributed by atoms with Gasteiger partial charge in [-0.05, 0) is 36.1 Å². The predicted molar refractivity (Wildman–Crippen MR) is 82.9 cm³/mol. The summed E-state index contributed by atoms with van der Waals surface area (Å²) >= 11 is 1.83. The summed E-state index contributed by atoms with van der Waals surface area (Å²) in [6.07, 6.45) is 0. The quantitative estimate of drug-likeness (QED) is 0.853. The zero-order valence-corrected chi connectivity index (χ0v) is 12.5. The Morgan fingerprint density at radius 1 is 1.10 bits per heavy atom. The molecule has 1 saturated heterocycles. The number of hydrogen-bond acceptors (Lipinski definition) is 3. The van der Waals surface area contributed by atoms with E-state index in [2.05, 4.69) is 28.2 Å². The Hall–Kier alpha value is -1.39. The van der Waals surface area contributed by atoms with Gasteiger partial charge < -0.3 is 4.90 Å². The van der Waals surface area contributed by atoms with Gasteiger partial charge in [-0.1, -0.05) is 12.1 Å². The average molecular weight is 290 g/mol. The topological polar surface area (TPSA) is 6.48 Å². The highest BCUT2D eigenvalue weighted by atomic mass is 32.1. The normalized spacial score (nSPS) is 16.6. The molecule has 1 aromatic heterocycles. The summed E-state index contributed by atoms with van der Waals surface area (Å²) in [4.78, 5) is 6.05. The third kappa shape index (κ3) is 2.86. The molecule has 106 valence electrons. The van der Waals surface area contributed by atoms with Crippen molar-refractivity contribution in [3.05, 3.63) is 52.0 Å². The lowest BCUT2D eigenvalue weighted by atomic mass is 10.2. The first-order valence-corrected chi connectivity index (χ1v) is 7.87. The fraction of sp³-hybridized carbons (Fsp3) is 0.375. The van der Waals surface area contributed by atoms with Crippen LogP contribution in [-0.4, -0.2) is 31.1 Å². The summed E-state index contributed by atoms with van der Waals surface area (Å²) in [5, 5.41) is 2.15. The summed E-state index contributed by atoms with van der Waals surface area (Å²) in [7, 11) is 0. The first kappa shape index (κ1) is 13.6. The maximum absolute atomic E-state index is 13.8. The monoisotopic (exact) mass is 290 g/mol. The van der Waals surface area contributed by atoms with Crippen molar-refractivity contribution in [2.45, 2.75) is 13.5 Å². The Morgan fingerprint density at radius 2 is 1.85 bits per heavy atom. The lowest BCUT2D eigenvalue weighted by molar-refractivity contribution is 0.251. The van der Waals surface area contributed by atoms with Crippen molar-refractivity contribution in [1.82, 2.24) is 4.90 Å². The highest BCUT2D eigenvalue weighted by molar-refractivity contribution is 7.10. The molecule has 2 aromatic rings. The van der Waals surface area contributed by atoms with Crippen molar-refractivity contribution in [1.29, 1.82) is 0 Å². The SMILES string of the molecule is Cc1ccsc1CN1CCN(c2ccccc2F)CC1. The molecule has 0 spiro atoms. The number of rotatable bonds is 3. The van der Waals surface area contributed by atoms with Crippen molar-refractivity contribution in [2.24, 2.45) is 0 Å². The van der Waals surface area contributed by atoms with E-state index in [0.29, 0.717) is 0 Å². The van der Waals surface area contributed by atoms with Crippen molar-refractivity contribution < 1.29 is 4.39 Å². The molecule has 2 nitrogen and oxygen atoms in total. The molecule has 0 saturated carbocycles. The molecule has 0 bridgehead atoms. The number of thiophene rings is 1. The number of halogens is 1. The molecular formula is C16H19FN2S. The molecule has 4 heteroatoms. The molecule has 0 aliphatic carbocycles. The van der Waals surface area contributed by atoms with Gasteiger partial charge in [-0.25, -0.2) is 4.39 Å². The Kier molecular flexibility index (Phi) is 4.03. The van der Waals surface area contributed by atoms with Crippen LogP contribution in [0.2, 0.25) is 0 Å². The Balaban J connectivity index is 1.60. The van der Waals surface area contributed by atoms with Crippen LogP contribution in [0.15, 0.2) is 35.7 Å². The third-order valence-corrected chi connectivity index (χ3v) is 4.91. The predicted octanol–water partition coefficient (Wildman–Crippen LogP) is 3.52. The van der Waals surface area contributed by atoms with E-state index in [1.165, 1.54) is 16.5 Å². The summed E-state index contributed by atoms with van der Waals surface area (Å²) in [5.74, 6) is -0.116. The van der Waals surface area contributed by atoms with Crippen LogP contribution >= 0.6 is 11.3 Å². The van der Waals surface area contributed by atoms with Gasteiger partial charge in [0.2, 0.25) is 0 Å². The van der Waals surface area contributed by atoms with Crippen molar-refractivity contribution >= 4 is 17.0 Å². The number of piperazine rings is 1. The molecule has 0 atom stereocenters. The second kappa shape index (κ2) is 5.94. The number of benzene rings is 1. The number of hydrogen-bond donors (Lipinski definition) is 0. The highest BCUT2D eigenvalue weighted by Crippen LogP contribution is 2.22. The Morgan fingerprint density at radius 3 is 2.50 bits per heavy atom. The number of anilines is 1. The molecule has 1 fully saturated rings. The van der Waals surface area contributed by atoms with Crippen LogP contribution in [0.5, 0.6) is 0 Å². The van der Waals surface area contributed by atoms with E-state index in [1.807, 2.05) is 23.5 Å². The second-order valence-electron chi connectivity index (χ2n) is 5.24. The minimum Gasteiger partial charge on any atom is -0.367 e. The smallest absolute Gasteiger partial charge is 0.146 e. The number of nitrogens with zero attached hydrogens (tertiary/aromatic N) is 2. The summed E-state index contributed by atoms with van der Waals surface area (Å²) < 4.78 is 13.8. The molecule has 20 heavy (non-hydrogen) atoms. The van der Waals surface area contributed by atoms with Crippen molar-refractivity contribution in [3.8, 4) is 0 Å². The van der Waals surface area contributed by atoms with Gasteiger partial charge >= 0.3 is 0 Å². The van der Waals surface area contributed by atoms with E-state index in [1.54, 1.807) is 6.07 Å². The van der Waals surface area contributed by atoms with Gasteiger partial charge in [0.1, 0.15) is 5.82 Å². The number of aryl methyl sites for hydroxylation is 1. The van der Waals surface area contributed by atoms with Crippen LogP contribution in [0.3, 0.4) is 0 Å². The van der Waals surface area contributed by atoms with Crippen LogP contribution in [0, 0.1) is 12.7 Å². The van der Waals surface area contributed by atoms with E-state index in [9.17, 15) is 4.39 Å². The maximum atomic E-state index is 13.8.